The Morgan fingerprint density at radius 3 is 2.38 bits per heavy atom. The molecule has 1 atom stereocenters. The van der Waals surface area contributed by atoms with Crippen LogP contribution in [0.25, 0.3) is 10.8 Å². The summed E-state index contributed by atoms with van der Waals surface area (Å²) >= 11 is 0. The average molecular weight is 494 g/mol. The maximum atomic E-state index is 13.4. The Kier molecular flexibility index (Phi) is 6.90. The fourth-order valence-electron chi connectivity index (χ4n) is 4.54. The van der Waals surface area contributed by atoms with Gasteiger partial charge in [-0.25, -0.2) is 4.79 Å². The van der Waals surface area contributed by atoms with Gasteiger partial charge in [0.05, 0.1) is 12.5 Å². The van der Waals surface area contributed by atoms with Crippen molar-refractivity contribution in [1.82, 2.24) is 5.32 Å². The number of esters is 1. The third-order valence-electron chi connectivity index (χ3n) is 6.24. The summed E-state index contributed by atoms with van der Waals surface area (Å²) < 4.78 is 17.3. The van der Waals surface area contributed by atoms with Gasteiger partial charge < -0.3 is 14.2 Å². The van der Waals surface area contributed by atoms with Crippen molar-refractivity contribution in [2.24, 2.45) is 0 Å². The van der Waals surface area contributed by atoms with Crippen LogP contribution in [0.15, 0.2) is 102 Å². The summed E-state index contributed by atoms with van der Waals surface area (Å²) in [5.41, 5.74) is 3.06. The first-order chi connectivity index (χ1) is 18.0. The average Bonchev–Trinajstić information content (AvgIpc) is 2.92. The number of ether oxygens (including phenoxy) is 3. The van der Waals surface area contributed by atoms with Crippen LogP contribution in [0.5, 0.6) is 11.5 Å². The molecular formula is C31H27NO5. The molecule has 0 fully saturated rings. The molecule has 37 heavy (non-hydrogen) atoms. The van der Waals surface area contributed by atoms with E-state index in [1.54, 1.807) is 19.1 Å². The van der Waals surface area contributed by atoms with Gasteiger partial charge in [-0.15, -0.1) is 0 Å². The van der Waals surface area contributed by atoms with Crippen molar-refractivity contribution in [3.63, 3.8) is 0 Å². The highest BCUT2D eigenvalue weighted by molar-refractivity contribution is 5.97. The molecular weight excluding hydrogens is 466 g/mol. The van der Waals surface area contributed by atoms with E-state index < -0.39 is 17.8 Å². The van der Waals surface area contributed by atoms with Crippen molar-refractivity contribution in [3.05, 3.63) is 119 Å². The second-order valence-corrected chi connectivity index (χ2v) is 8.76. The third kappa shape index (κ3) is 5.05. The monoisotopic (exact) mass is 493 g/mol. The number of carbonyl (C=O) groups excluding carboxylic acids is 2. The maximum absolute atomic E-state index is 13.4. The molecule has 0 radical (unpaired) electrons. The summed E-state index contributed by atoms with van der Waals surface area (Å²) in [6.45, 7) is 3.66. The van der Waals surface area contributed by atoms with E-state index in [-0.39, 0.29) is 24.7 Å². The summed E-state index contributed by atoms with van der Waals surface area (Å²) in [5, 5.41) is 4.75. The number of hydrogen-bond donors (Lipinski definition) is 1. The van der Waals surface area contributed by atoms with E-state index in [0.717, 1.165) is 27.5 Å². The van der Waals surface area contributed by atoms with E-state index in [9.17, 15) is 9.59 Å². The van der Waals surface area contributed by atoms with Crippen molar-refractivity contribution >= 4 is 22.6 Å². The Morgan fingerprint density at radius 2 is 1.62 bits per heavy atom. The lowest BCUT2D eigenvalue weighted by Gasteiger charge is -2.31. The summed E-state index contributed by atoms with van der Waals surface area (Å²) in [5.74, 6) is -0.326. The highest BCUT2D eigenvalue weighted by Crippen LogP contribution is 2.46. The number of fused-ring (bicyclic) bond motifs is 3. The van der Waals surface area contributed by atoms with Crippen LogP contribution in [-0.2, 0) is 14.3 Å². The highest BCUT2D eigenvalue weighted by Gasteiger charge is 2.38. The topological polar surface area (TPSA) is 73.9 Å². The molecule has 0 saturated carbocycles. The van der Waals surface area contributed by atoms with Crippen LogP contribution in [0.1, 0.15) is 29.5 Å². The Morgan fingerprint density at radius 1 is 0.892 bits per heavy atom. The molecule has 6 nitrogen and oxygen atoms in total. The molecule has 0 aliphatic carbocycles. The summed E-state index contributed by atoms with van der Waals surface area (Å²) in [7, 11) is 0. The van der Waals surface area contributed by atoms with Gasteiger partial charge in [-0.2, -0.15) is 0 Å². The van der Waals surface area contributed by atoms with Crippen LogP contribution >= 0.6 is 0 Å². The quantitative estimate of drug-likeness (QED) is 0.337. The zero-order valence-corrected chi connectivity index (χ0v) is 20.7. The first kappa shape index (κ1) is 24.1. The van der Waals surface area contributed by atoms with Crippen molar-refractivity contribution in [2.75, 3.05) is 13.2 Å². The predicted molar refractivity (Wildman–Crippen MR) is 141 cm³/mol. The molecule has 0 saturated heterocycles. The number of nitrogens with one attached hydrogen (secondary N) is 1. The van der Waals surface area contributed by atoms with Crippen molar-refractivity contribution < 1.29 is 23.8 Å². The minimum absolute atomic E-state index is 0.0487. The number of carbonyl (C=O) groups is 2. The molecule has 4 aromatic rings. The van der Waals surface area contributed by atoms with Crippen molar-refractivity contribution in [2.45, 2.75) is 19.8 Å². The lowest BCUT2D eigenvalue weighted by atomic mass is 9.80. The van der Waals surface area contributed by atoms with E-state index in [2.05, 4.69) is 5.32 Å². The van der Waals surface area contributed by atoms with E-state index >= 15 is 0 Å². The molecule has 1 unspecified atom stereocenters. The molecule has 4 aromatic carbocycles. The van der Waals surface area contributed by atoms with Crippen LogP contribution in [0.2, 0.25) is 0 Å². The van der Waals surface area contributed by atoms with Gasteiger partial charge in [0.1, 0.15) is 17.1 Å². The standard InChI is InChI=1S/C31H27NO5/c1-3-35-31(34)29-27(22-10-5-4-6-11-22)28-24-12-8-7-9-21(24)15-18-25(28)37-30(29)32-26(33)19-36-23-16-13-20(2)14-17-23/h4-18,27H,3,19H2,1-2H3,(H,32,33). The van der Waals surface area contributed by atoms with E-state index in [1.165, 1.54) is 0 Å². The van der Waals surface area contributed by atoms with Gasteiger partial charge in [-0.3, -0.25) is 10.1 Å². The number of aryl methyl sites for hydroxylation is 1. The molecule has 1 aliphatic heterocycles. The van der Waals surface area contributed by atoms with Gasteiger partial charge in [0.25, 0.3) is 5.91 Å². The Labute approximate surface area is 215 Å². The molecule has 1 aliphatic rings. The molecule has 6 heteroatoms. The number of amides is 1. The van der Waals surface area contributed by atoms with Gasteiger partial charge in [0.2, 0.25) is 5.88 Å². The van der Waals surface area contributed by atoms with Gasteiger partial charge in [-0.05, 0) is 48.4 Å². The molecule has 186 valence electrons. The van der Waals surface area contributed by atoms with E-state index in [0.29, 0.717) is 11.5 Å². The molecule has 1 N–H and O–H groups in total. The van der Waals surface area contributed by atoms with Crippen LogP contribution in [-0.4, -0.2) is 25.1 Å². The molecule has 5 rings (SSSR count). The first-order valence-corrected chi connectivity index (χ1v) is 12.2. The third-order valence-corrected chi connectivity index (χ3v) is 6.24. The molecule has 1 amide bonds. The van der Waals surface area contributed by atoms with Gasteiger partial charge in [-0.1, -0.05) is 78.4 Å². The van der Waals surface area contributed by atoms with Crippen molar-refractivity contribution in [1.29, 1.82) is 0 Å². The minimum atomic E-state index is -0.551. The SMILES string of the molecule is CCOC(=O)C1=C(NC(=O)COc2ccc(C)cc2)Oc2ccc3ccccc3c2C1c1ccccc1. The normalized spacial score (nSPS) is 14.5. The lowest BCUT2D eigenvalue weighted by Crippen LogP contribution is -2.36. The van der Waals surface area contributed by atoms with E-state index in [4.69, 9.17) is 14.2 Å². The number of benzene rings is 4. The van der Waals surface area contributed by atoms with Crippen LogP contribution in [0.4, 0.5) is 0 Å². The zero-order valence-electron chi connectivity index (χ0n) is 20.7. The maximum Gasteiger partial charge on any atom is 0.340 e. The lowest BCUT2D eigenvalue weighted by molar-refractivity contribution is -0.139. The first-order valence-electron chi connectivity index (χ1n) is 12.2. The van der Waals surface area contributed by atoms with Gasteiger partial charge >= 0.3 is 5.97 Å². The summed E-state index contributed by atoms with van der Waals surface area (Å²) in [6, 6.07) is 28.9. The predicted octanol–water partition coefficient (Wildman–Crippen LogP) is 5.64. The van der Waals surface area contributed by atoms with Crippen molar-refractivity contribution in [3.8, 4) is 11.5 Å². The summed E-state index contributed by atoms with van der Waals surface area (Å²) in [4.78, 5) is 26.3. The largest absolute Gasteiger partial charge is 0.484 e. The van der Waals surface area contributed by atoms with Crippen LogP contribution < -0.4 is 14.8 Å². The molecule has 1 heterocycles. The molecule has 0 aromatic heterocycles. The Bertz CT molecular complexity index is 1480. The number of rotatable bonds is 7. The fourth-order valence-corrected chi connectivity index (χ4v) is 4.54. The fraction of sp³-hybridized carbons (Fsp3) is 0.161. The van der Waals surface area contributed by atoms with Crippen LogP contribution in [0, 0.1) is 6.92 Å². The van der Waals surface area contributed by atoms with Crippen LogP contribution in [0.3, 0.4) is 0 Å². The zero-order chi connectivity index (χ0) is 25.8. The number of hydrogen-bond acceptors (Lipinski definition) is 5. The Balaban J connectivity index is 1.57. The van der Waals surface area contributed by atoms with E-state index in [1.807, 2.05) is 85.8 Å². The highest BCUT2D eigenvalue weighted by atomic mass is 16.5. The smallest absolute Gasteiger partial charge is 0.340 e. The van der Waals surface area contributed by atoms with Gasteiger partial charge in [0.15, 0.2) is 6.61 Å². The second-order valence-electron chi connectivity index (χ2n) is 8.76. The van der Waals surface area contributed by atoms with Gasteiger partial charge in [0, 0.05) is 5.56 Å². The minimum Gasteiger partial charge on any atom is -0.484 e. The molecule has 0 spiro atoms. The second kappa shape index (κ2) is 10.6. The molecule has 0 bridgehead atoms. The summed E-state index contributed by atoms with van der Waals surface area (Å²) in [6.07, 6.45) is 0. The Hall–Kier alpha value is -4.58.